The van der Waals surface area contributed by atoms with E-state index < -0.39 is 0 Å². The number of halogens is 1. The van der Waals surface area contributed by atoms with Crippen LogP contribution in [0.15, 0.2) is 64.9 Å². The van der Waals surface area contributed by atoms with Gasteiger partial charge >= 0.3 is 0 Å². The number of pyridine rings is 1. The van der Waals surface area contributed by atoms with Gasteiger partial charge in [0.05, 0.1) is 9.92 Å². The fourth-order valence-corrected chi connectivity index (χ4v) is 4.91. The number of aromatic nitrogens is 4. The van der Waals surface area contributed by atoms with Gasteiger partial charge in [0, 0.05) is 48.8 Å². The molecule has 0 saturated heterocycles. The molecule has 1 aliphatic rings. The number of hydrogen-bond acceptors (Lipinski definition) is 7. The molecule has 0 bridgehead atoms. The number of nitrogens with zero attached hydrogens (tertiary/aromatic N) is 5. The lowest BCUT2D eigenvalue weighted by molar-refractivity contribution is 0.645. The Labute approximate surface area is 183 Å². The fourth-order valence-electron chi connectivity index (χ4n) is 3.77. The van der Waals surface area contributed by atoms with Gasteiger partial charge in [-0.05, 0) is 23.6 Å². The van der Waals surface area contributed by atoms with Crippen LogP contribution >= 0.6 is 23.4 Å². The largest absolute Gasteiger partial charge is 0.382 e. The van der Waals surface area contributed by atoms with Crippen LogP contribution in [0.4, 0.5) is 11.8 Å². The molecule has 9 heteroatoms. The van der Waals surface area contributed by atoms with E-state index in [1.165, 1.54) is 22.9 Å². The Morgan fingerprint density at radius 3 is 2.83 bits per heavy atom. The lowest BCUT2D eigenvalue weighted by Crippen LogP contribution is -2.26. The summed E-state index contributed by atoms with van der Waals surface area (Å²) in [5, 5.41) is 0.439. The van der Waals surface area contributed by atoms with E-state index in [4.69, 9.17) is 28.1 Å². The van der Waals surface area contributed by atoms with E-state index in [-0.39, 0.29) is 6.04 Å². The minimum absolute atomic E-state index is 0.0265. The highest BCUT2D eigenvalue weighted by atomic mass is 35.5. The first-order valence-corrected chi connectivity index (χ1v) is 10.8. The smallest absolute Gasteiger partial charge is 0.211 e. The molecule has 5 rings (SSSR count). The Kier molecular flexibility index (Phi) is 4.98. The molecular weight excluding hydrogens is 418 g/mol. The van der Waals surface area contributed by atoms with Gasteiger partial charge in [0.2, 0.25) is 5.95 Å². The Balaban J connectivity index is 1.52. The van der Waals surface area contributed by atoms with Gasteiger partial charge in [0.15, 0.2) is 5.65 Å². The topological polar surface area (TPSA) is 98.4 Å². The summed E-state index contributed by atoms with van der Waals surface area (Å²) in [7, 11) is 0. The quantitative estimate of drug-likeness (QED) is 0.501. The molecule has 4 aromatic rings. The number of imidazole rings is 1. The first-order chi connectivity index (χ1) is 14.6. The maximum atomic E-state index is 6.42. The Hall–Kier alpha value is -2.81. The van der Waals surface area contributed by atoms with Gasteiger partial charge < -0.3 is 16.4 Å². The van der Waals surface area contributed by atoms with Crippen LogP contribution in [0.1, 0.15) is 23.6 Å². The summed E-state index contributed by atoms with van der Waals surface area (Å²) in [6.45, 7) is 1.57. The van der Waals surface area contributed by atoms with Crippen molar-refractivity contribution in [3.63, 3.8) is 0 Å². The third kappa shape index (κ3) is 3.36. The predicted octanol–water partition coefficient (Wildman–Crippen LogP) is 3.92. The molecule has 0 aliphatic carbocycles. The molecule has 1 aromatic carbocycles. The second-order valence-electron chi connectivity index (χ2n) is 7.17. The number of nitrogens with two attached hydrogens (primary N) is 2. The fraction of sp³-hybridized carbons (Fsp3) is 0.190. The third-order valence-electron chi connectivity index (χ3n) is 5.28. The lowest BCUT2D eigenvalue weighted by Gasteiger charge is -2.23. The van der Waals surface area contributed by atoms with Gasteiger partial charge in [-0.3, -0.25) is 4.40 Å². The molecule has 0 radical (unpaired) electrons. The summed E-state index contributed by atoms with van der Waals surface area (Å²) in [6.07, 6.45) is 8.06. The van der Waals surface area contributed by atoms with E-state index >= 15 is 0 Å². The average Bonchev–Trinajstić information content (AvgIpc) is 3.19. The highest BCUT2D eigenvalue weighted by Crippen LogP contribution is 2.37. The minimum atomic E-state index is 0.0265. The summed E-state index contributed by atoms with van der Waals surface area (Å²) in [5.41, 5.74) is 15.5. The van der Waals surface area contributed by atoms with Gasteiger partial charge in [-0.25, -0.2) is 15.0 Å². The van der Waals surface area contributed by atoms with Crippen molar-refractivity contribution < 1.29 is 0 Å². The maximum absolute atomic E-state index is 6.42. The van der Waals surface area contributed by atoms with Crippen LogP contribution in [0.2, 0.25) is 5.02 Å². The molecule has 30 heavy (non-hydrogen) atoms. The van der Waals surface area contributed by atoms with Crippen LogP contribution in [-0.2, 0) is 6.54 Å². The SMILES string of the molecule is Nc1nccc(Sc2cnc(N3CC[C@H](N)c4ccccc4C3)n3ccnc23)c1Cl. The van der Waals surface area contributed by atoms with Crippen molar-refractivity contribution in [2.45, 2.75) is 28.8 Å². The maximum Gasteiger partial charge on any atom is 0.211 e. The number of nitrogen functional groups attached to an aromatic ring is 1. The van der Waals surface area contributed by atoms with Crippen LogP contribution in [0.25, 0.3) is 5.65 Å². The molecule has 7 nitrogen and oxygen atoms in total. The molecule has 3 aromatic heterocycles. The summed E-state index contributed by atoms with van der Waals surface area (Å²) in [5.74, 6) is 1.15. The minimum Gasteiger partial charge on any atom is -0.382 e. The molecule has 4 N–H and O–H groups in total. The molecule has 1 aliphatic heterocycles. The molecule has 0 spiro atoms. The highest BCUT2D eigenvalue weighted by molar-refractivity contribution is 7.99. The molecule has 152 valence electrons. The normalized spacial score (nSPS) is 16.5. The van der Waals surface area contributed by atoms with Crippen LogP contribution in [-0.4, -0.2) is 25.9 Å². The second kappa shape index (κ2) is 7.79. The zero-order valence-electron chi connectivity index (χ0n) is 16.1. The Bertz CT molecular complexity index is 1230. The first-order valence-electron chi connectivity index (χ1n) is 9.60. The molecule has 1 atom stereocenters. The Morgan fingerprint density at radius 2 is 1.93 bits per heavy atom. The third-order valence-corrected chi connectivity index (χ3v) is 6.86. The number of hydrogen-bond donors (Lipinski definition) is 2. The van der Waals surface area contributed by atoms with Crippen LogP contribution in [0.5, 0.6) is 0 Å². The zero-order chi connectivity index (χ0) is 20.7. The van der Waals surface area contributed by atoms with Gasteiger partial charge in [0.1, 0.15) is 5.82 Å². The van der Waals surface area contributed by atoms with Gasteiger partial charge in [-0.15, -0.1) is 0 Å². The predicted molar refractivity (Wildman–Crippen MR) is 120 cm³/mol. The summed E-state index contributed by atoms with van der Waals surface area (Å²) >= 11 is 7.80. The van der Waals surface area contributed by atoms with E-state index in [1.54, 1.807) is 12.4 Å². The number of fused-ring (bicyclic) bond motifs is 2. The summed E-state index contributed by atoms with van der Waals surface area (Å²) in [6, 6.07) is 10.2. The molecule has 0 amide bonds. The zero-order valence-corrected chi connectivity index (χ0v) is 17.6. The van der Waals surface area contributed by atoms with Crippen molar-refractivity contribution in [1.82, 2.24) is 19.4 Å². The molecule has 0 saturated carbocycles. The summed E-state index contributed by atoms with van der Waals surface area (Å²) < 4.78 is 2.01. The molecule has 0 fully saturated rings. The van der Waals surface area contributed by atoms with Crippen molar-refractivity contribution in [2.24, 2.45) is 5.73 Å². The van der Waals surface area contributed by atoms with Crippen LogP contribution < -0.4 is 16.4 Å². The van der Waals surface area contributed by atoms with Gasteiger partial charge in [-0.2, -0.15) is 0 Å². The highest BCUT2D eigenvalue weighted by Gasteiger charge is 2.23. The summed E-state index contributed by atoms with van der Waals surface area (Å²) in [4.78, 5) is 17.3. The standard InChI is InChI=1S/C21H20ClN7S/c22-18-16(5-7-25-19(18)24)30-17-11-27-21(29-10-8-26-20(17)29)28-9-6-15(23)14-4-2-1-3-13(14)12-28/h1-5,7-8,10-11,15H,6,9,12,23H2,(H2,24,25)/t15-/m0/s1. The van der Waals surface area contributed by atoms with Crippen molar-refractivity contribution >= 4 is 40.8 Å². The monoisotopic (exact) mass is 437 g/mol. The van der Waals surface area contributed by atoms with Crippen LogP contribution in [0.3, 0.4) is 0 Å². The van der Waals surface area contributed by atoms with Crippen molar-refractivity contribution in [3.8, 4) is 0 Å². The van der Waals surface area contributed by atoms with E-state index in [2.05, 4.69) is 33.1 Å². The second-order valence-corrected chi connectivity index (χ2v) is 8.63. The van der Waals surface area contributed by atoms with E-state index in [0.717, 1.165) is 40.9 Å². The molecule has 0 unspecified atom stereocenters. The van der Waals surface area contributed by atoms with E-state index in [1.807, 2.05) is 28.9 Å². The van der Waals surface area contributed by atoms with Crippen LogP contribution in [0, 0.1) is 0 Å². The van der Waals surface area contributed by atoms with E-state index in [0.29, 0.717) is 10.8 Å². The first kappa shape index (κ1) is 19.2. The van der Waals surface area contributed by atoms with Gasteiger partial charge in [0.25, 0.3) is 0 Å². The number of benzene rings is 1. The lowest BCUT2D eigenvalue weighted by atomic mass is 10.0. The average molecular weight is 438 g/mol. The van der Waals surface area contributed by atoms with Gasteiger partial charge in [-0.1, -0.05) is 47.6 Å². The Morgan fingerprint density at radius 1 is 1.07 bits per heavy atom. The van der Waals surface area contributed by atoms with Crippen molar-refractivity contribution in [1.29, 1.82) is 0 Å². The number of rotatable bonds is 3. The molecule has 4 heterocycles. The molecular formula is C21H20ClN7S. The van der Waals surface area contributed by atoms with Crippen molar-refractivity contribution in [2.75, 3.05) is 17.2 Å². The number of anilines is 2. The van der Waals surface area contributed by atoms with Crippen molar-refractivity contribution in [3.05, 3.63) is 71.3 Å². The van der Waals surface area contributed by atoms with E-state index in [9.17, 15) is 0 Å².